The summed E-state index contributed by atoms with van der Waals surface area (Å²) in [7, 11) is -2.06. The number of benzene rings is 1. The highest BCUT2D eigenvalue weighted by Crippen LogP contribution is 2.51. The number of hydrogen-bond acceptors (Lipinski definition) is 2. The Hall–Kier alpha value is -1.29. The van der Waals surface area contributed by atoms with E-state index in [4.69, 9.17) is 10.2 Å². The minimum Gasteiger partial charge on any atom is -0.543 e. The first-order valence-corrected chi connectivity index (χ1v) is 11.8. The van der Waals surface area contributed by atoms with Crippen LogP contribution in [0.4, 0.5) is 0 Å². The molecule has 2 N–H and O–H groups in total. The van der Waals surface area contributed by atoms with Crippen molar-refractivity contribution in [1.29, 1.82) is 0 Å². The Kier molecular flexibility index (Phi) is 7.30. The van der Waals surface area contributed by atoms with E-state index in [0.29, 0.717) is 6.42 Å². The van der Waals surface area contributed by atoms with E-state index in [1.807, 2.05) is 0 Å². The Morgan fingerprint density at radius 2 is 1.56 bits per heavy atom. The fourth-order valence-electron chi connectivity index (χ4n) is 3.25. The van der Waals surface area contributed by atoms with E-state index in [0.717, 1.165) is 31.4 Å². The Bertz CT molecular complexity index is 556. The number of unbranched alkanes of at least 4 members (excludes halogenated alkanes) is 2. The van der Waals surface area contributed by atoms with Crippen LogP contribution in [-0.4, -0.2) is 14.2 Å². The van der Waals surface area contributed by atoms with E-state index in [2.05, 4.69) is 72.4 Å². The third kappa shape index (κ3) is 5.88. The van der Waals surface area contributed by atoms with Crippen molar-refractivity contribution < 1.29 is 9.22 Å². The predicted octanol–water partition coefficient (Wildman–Crippen LogP) is 5.83. The van der Waals surface area contributed by atoms with Crippen molar-refractivity contribution in [2.75, 3.05) is 0 Å². The van der Waals surface area contributed by atoms with Crippen LogP contribution in [0.15, 0.2) is 24.3 Å². The predicted molar refractivity (Wildman–Crippen MR) is 109 cm³/mol. The number of nitrogens with two attached hydrogens (primary N) is 1. The molecule has 0 unspecified atom stereocenters. The van der Waals surface area contributed by atoms with Crippen LogP contribution >= 0.6 is 0 Å². The molecular weight excluding hydrogens is 326 g/mol. The topological polar surface area (TPSA) is 52.3 Å². The molecule has 0 saturated carbocycles. The highest BCUT2D eigenvalue weighted by molar-refractivity contribution is 6.78. The molecule has 0 spiro atoms. The van der Waals surface area contributed by atoms with Gasteiger partial charge in [-0.25, -0.2) is 0 Å². The third-order valence-corrected chi connectivity index (χ3v) is 11.9. The Labute approximate surface area is 155 Å². The molecule has 0 aliphatic rings. The second-order valence-corrected chi connectivity index (χ2v) is 14.5. The van der Waals surface area contributed by atoms with Gasteiger partial charge in [-0.05, 0) is 47.5 Å². The number of primary amides is 1. The molecule has 1 amide bonds. The lowest BCUT2D eigenvalue weighted by Gasteiger charge is -2.48. The van der Waals surface area contributed by atoms with E-state index in [9.17, 15) is 4.79 Å². The normalized spacial score (nSPS) is 12.9. The van der Waals surface area contributed by atoms with Crippen molar-refractivity contribution >= 4 is 14.2 Å². The largest absolute Gasteiger partial charge is 0.543 e. The number of carbonyl (C=O) groups is 1. The lowest BCUT2D eigenvalue weighted by atomic mass is 10.1. The van der Waals surface area contributed by atoms with E-state index in [-0.39, 0.29) is 16.0 Å². The standard InChI is InChI=1S/C21H37NO2Si/c1-20(2,3)25(7,21(4,5)6)24-18-15-12-11-14-17(18)13-9-8-10-16-19(22)23/h11-12,14-15H,8-10,13,16H2,1-7H3,(H2,22,23). The molecule has 0 aliphatic carbocycles. The molecule has 0 aromatic heterocycles. The minimum atomic E-state index is -2.06. The third-order valence-electron chi connectivity index (χ3n) is 5.52. The lowest BCUT2D eigenvalue weighted by Crippen LogP contribution is -2.54. The minimum absolute atomic E-state index is 0.139. The van der Waals surface area contributed by atoms with E-state index in [1.54, 1.807) is 0 Å². The van der Waals surface area contributed by atoms with Crippen molar-refractivity contribution in [2.45, 2.75) is 90.3 Å². The summed E-state index contributed by atoms with van der Waals surface area (Å²) < 4.78 is 6.82. The summed E-state index contributed by atoms with van der Waals surface area (Å²) in [5.74, 6) is 0.831. The zero-order chi connectivity index (χ0) is 19.3. The molecule has 0 radical (unpaired) electrons. The molecule has 0 aliphatic heterocycles. The monoisotopic (exact) mass is 363 g/mol. The van der Waals surface area contributed by atoms with Crippen molar-refractivity contribution in [3.05, 3.63) is 29.8 Å². The van der Waals surface area contributed by atoms with Gasteiger partial charge in [-0.3, -0.25) is 4.79 Å². The molecule has 0 heterocycles. The van der Waals surface area contributed by atoms with Gasteiger partial charge in [-0.1, -0.05) is 66.2 Å². The van der Waals surface area contributed by atoms with Gasteiger partial charge in [-0.15, -0.1) is 0 Å². The molecule has 0 atom stereocenters. The Balaban J connectivity index is 2.90. The highest BCUT2D eigenvalue weighted by atomic mass is 28.4. The average Bonchev–Trinajstić information content (AvgIpc) is 2.45. The number of rotatable bonds is 8. The summed E-state index contributed by atoms with van der Waals surface area (Å²) in [4.78, 5) is 10.8. The number of aryl methyl sites for hydroxylation is 1. The van der Waals surface area contributed by atoms with Crippen molar-refractivity contribution in [2.24, 2.45) is 5.73 Å². The number of amides is 1. The first-order chi connectivity index (χ1) is 11.4. The summed E-state index contributed by atoms with van der Waals surface area (Å²) in [6.45, 7) is 16.2. The van der Waals surface area contributed by atoms with Gasteiger partial charge in [-0.2, -0.15) is 0 Å². The van der Waals surface area contributed by atoms with Crippen LogP contribution in [0, 0.1) is 0 Å². The van der Waals surface area contributed by atoms with Crippen LogP contribution in [0.1, 0.15) is 72.8 Å². The van der Waals surface area contributed by atoms with Crippen molar-refractivity contribution in [3.8, 4) is 5.75 Å². The first kappa shape index (κ1) is 21.7. The summed E-state index contributed by atoms with van der Waals surface area (Å²) in [6.07, 6.45) is 4.40. The van der Waals surface area contributed by atoms with Crippen LogP contribution in [0.5, 0.6) is 5.75 Å². The second-order valence-electron chi connectivity index (χ2n) is 9.27. The second kappa shape index (κ2) is 8.39. The molecular formula is C21H37NO2Si. The molecule has 0 saturated heterocycles. The fourth-order valence-corrected chi connectivity index (χ4v) is 6.75. The summed E-state index contributed by atoms with van der Waals surface area (Å²) >= 11 is 0. The zero-order valence-corrected chi connectivity index (χ0v) is 18.2. The lowest BCUT2D eigenvalue weighted by molar-refractivity contribution is -0.118. The van der Waals surface area contributed by atoms with E-state index >= 15 is 0 Å². The van der Waals surface area contributed by atoms with Gasteiger partial charge in [0.15, 0.2) is 0 Å². The maximum Gasteiger partial charge on any atom is 0.258 e. The van der Waals surface area contributed by atoms with Crippen LogP contribution in [0.3, 0.4) is 0 Å². The van der Waals surface area contributed by atoms with Crippen LogP contribution in [0.25, 0.3) is 0 Å². The maximum absolute atomic E-state index is 10.8. The van der Waals surface area contributed by atoms with Gasteiger partial charge in [0, 0.05) is 6.42 Å². The summed E-state index contributed by atoms with van der Waals surface area (Å²) in [6, 6.07) is 8.43. The molecule has 4 heteroatoms. The van der Waals surface area contributed by atoms with Gasteiger partial charge in [0.25, 0.3) is 8.32 Å². The van der Waals surface area contributed by atoms with Gasteiger partial charge in [0.1, 0.15) is 5.75 Å². The smallest absolute Gasteiger partial charge is 0.258 e. The van der Waals surface area contributed by atoms with Crippen LogP contribution in [-0.2, 0) is 11.2 Å². The van der Waals surface area contributed by atoms with E-state index < -0.39 is 8.32 Å². The summed E-state index contributed by atoms with van der Waals surface area (Å²) in [5.41, 5.74) is 6.48. The molecule has 1 aromatic carbocycles. The van der Waals surface area contributed by atoms with E-state index in [1.165, 1.54) is 5.56 Å². The van der Waals surface area contributed by atoms with Gasteiger partial charge in [0.2, 0.25) is 5.91 Å². The Morgan fingerprint density at radius 1 is 1.00 bits per heavy atom. The number of carbonyl (C=O) groups excluding carboxylic acids is 1. The average molecular weight is 364 g/mol. The molecule has 3 nitrogen and oxygen atoms in total. The Morgan fingerprint density at radius 3 is 2.08 bits per heavy atom. The van der Waals surface area contributed by atoms with Crippen molar-refractivity contribution in [1.82, 2.24) is 0 Å². The van der Waals surface area contributed by atoms with Gasteiger partial charge in [0.05, 0.1) is 0 Å². The fraction of sp³-hybridized carbons (Fsp3) is 0.667. The molecule has 1 aromatic rings. The highest BCUT2D eigenvalue weighted by Gasteiger charge is 2.53. The van der Waals surface area contributed by atoms with Gasteiger partial charge >= 0.3 is 0 Å². The SMILES string of the molecule is CC(C)(C)[Si](C)(Oc1ccccc1CCCCCC(N)=O)C(C)(C)C. The molecule has 142 valence electrons. The quantitative estimate of drug-likeness (QED) is 0.466. The zero-order valence-electron chi connectivity index (χ0n) is 17.2. The van der Waals surface area contributed by atoms with Crippen molar-refractivity contribution in [3.63, 3.8) is 0 Å². The summed E-state index contributed by atoms with van der Waals surface area (Å²) in [5, 5.41) is 0.277. The molecule has 1 rings (SSSR count). The number of para-hydroxylation sites is 1. The first-order valence-electron chi connectivity index (χ1n) is 9.44. The molecule has 25 heavy (non-hydrogen) atoms. The van der Waals surface area contributed by atoms with Crippen LogP contribution in [0.2, 0.25) is 16.6 Å². The molecule has 0 bridgehead atoms. The van der Waals surface area contributed by atoms with Crippen LogP contribution < -0.4 is 10.2 Å². The maximum atomic E-state index is 10.8. The van der Waals surface area contributed by atoms with Gasteiger partial charge < -0.3 is 10.2 Å². The molecule has 0 fully saturated rings. The number of hydrogen-bond donors (Lipinski definition) is 1.